The Morgan fingerprint density at radius 1 is 0.947 bits per heavy atom. The summed E-state index contributed by atoms with van der Waals surface area (Å²) >= 11 is 0. The summed E-state index contributed by atoms with van der Waals surface area (Å²) in [6.07, 6.45) is 4.55. The van der Waals surface area contributed by atoms with E-state index in [-0.39, 0.29) is 0 Å². The number of ether oxygens (including phenoxy) is 1. The van der Waals surface area contributed by atoms with Gasteiger partial charge in [-0.25, -0.2) is 0 Å². The van der Waals surface area contributed by atoms with Gasteiger partial charge < -0.3 is 4.74 Å². The highest BCUT2D eigenvalue weighted by Crippen LogP contribution is 2.20. The number of allylic oxidation sites excluding steroid dienone is 1. The molecule has 2 aromatic rings. The third-order valence-corrected chi connectivity index (χ3v) is 2.95. The predicted molar refractivity (Wildman–Crippen MR) is 81.2 cm³/mol. The summed E-state index contributed by atoms with van der Waals surface area (Å²) in [4.78, 5) is 0. The average Bonchev–Trinajstić information content (AvgIpc) is 2.47. The Kier molecular flexibility index (Phi) is 4.57. The van der Waals surface area contributed by atoms with Gasteiger partial charge in [0.05, 0.1) is 0 Å². The number of para-hydroxylation sites is 1. The second-order valence-electron chi connectivity index (χ2n) is 4.33. The lowest BCUT2D eigenvalue weighted by Crippen LogP contribution is -1.98. The van der Waals surface area contributed by atoms with Gasteiger partial charge in [0.25, 0.3) is 0 Å². The Balaban J connectivity index is 2.05. The Morgan fingerprint density at radius 2 is 1.68 bits per heavy atom. The third kappa shape index (κ3) is 3.59. The lowest BCUT2D eigenvalue weighted by molar-refractivity contribution is 0.303. The highest BCUT2D eigenvalue weighted by Gasteiger charge is 2.01. The van der Waals surface area contributed by atoms with Gasteiger partial charge in [-0.15, -0.1) is 6.58 Å². The van der Waals surface area contributed by atoms with Crippen molar-refractivity contribution >= 4 is 6.08 Å². The summed E-state index contributed by atoms with van der Waals surface area (Å²) < 4.78 is 5.88. The molecule has 19 heavy (non-hydrogen) atoms. The van der Waals surface area contributed by atoms with Crippen LogP contribution in [0.5, 0.6) is 5.75 Å². The van der Waals surface area contributed by atoms with Crippen LogP contribution in [0.4, 0.5) is 0 Å². The van der Waals surface area contributed by atoms with E-state index in [4.69, 9.17) is 4.74 Å². The molecule has 0 N–H and O–H groups in total. The van der Waals surface area contributed by atoms with E-state index in [9.17, 15) is 0 Å². The predicted octanol–water partition coefficient (Wildman–Crippen LogP) is 4.64. The van der Waals surface area contributed by atoms with E-state index in [2.05, 4.69) is 31.4 Å². The van der Waals surface area contributed by atoms with Crippen molar-refractivity contribution in [3.05, 3.63) is 84.5 Å². The molecule has 0 aliphatic rings. The first-order valence-electron chi connectivity index (χ1n) is 6.36. The molecule has 0 aliphatic carbocycles. The van der Waals surface area contributed by atoms with E-state index in [0.717, 1.165) is 23.3 Å². The number of rotatable bonds is 6. The maximum Gasteiger partial charge on any atom is 0.123 e. The summed E-state index contributed by atoms with van der Waals surface area (Å²) in [5.74, 6) is 0.926. The summed E-state index contributed by atoms with van der Waals surface area (Å²) in [7, 11) is 0. The normalized spacial score (nSPS) is 9.89. The van der Waals surface area contributed by atoms with Crippen LogP contribution in [0.2, 0.25) is 0 Å². The van der Waals surface area contributed by atoms with Crippen LogP contribution in [0.3, 0.4) is 0 Å². The lowest BCUT2D eigenvalue weighted by atomic mass is 10.1. The lowest BCUT2D eigenvalue weighted by Gasteiger charge is -2.10. The standard InChI is InChI=1S/C18H18O/c1-3-7-17-8-5-6-9-18(17)19-14-16-12-10-15(4-2)11-13-16/h3-6,8-13H,1-2,7,14H2. The highest BCUT2D eigenvalue weighted by atomic mass is 16.5. The minimum Gasteiger partial charge on any atom is -0.489 e. The van der Waals surface area contributed by atoms with Gasteiger partial charge in [0, 0.05) is 0 Å². The Labute approximate surface area is 114 Å². The highest BCUT2D eigenvalue weighted by molar-refractivity contribution is 5.47. The molecule has 0 bridgehead atoms. The van der Waals surface area contributed by atoms with E-state index in [0.29, 0.717) is 6.61 Å². The molecule has 2 rings (SSSR count). The van der Waals surface area contributed by atoms with Crippen LogP contribution in [0, 0.1) is 0 Å². The third-order valence-electron chi connectivity index (χ3n) is 2.95. The van der Waals surface area contributed by atoms with E-state index in [1.165, 1.54) is 5.56 Å². The largest absolute Gasteiger partial charge is 0.489 e. The van der Waals surface area contributed by atoms with Crippen molar-refractivity contribution in [2.24, 2.45) is 0 Å². The van der Waals surface area contributed by atoms with Gasteiger partial charge in [0.2, 0.25) is 0 Å². The van der Waals surface area contributed by atoms with Gasteiger partial charge in [0.15, 0.2) is 0 Å². The van der Waals surface area contributed by atoms with E-state index < -0.39 is 0 Å². The molecular weight excluding hydrogens is 232 g/mol. The molecule has 1 heteroatoms. The average molecular weight is 250 g/mol. The molecule has 0 heterocycles. The molecule has 0 saturated heterocycles. The second kappa shape index (κ2) is 6.60. The van der Waals surface area contributed by atoms with Crippen molar-refractivity contribution in [2.75, 3.05) is 0 Å². The zero-order valence-corrected chi connectivity index (χ0v) is 11.0. The van der Waals surface area contributed by atoms with Gasteiger partial charge >= 0.3 is 0 Å². The molecule has 0 atom stereocenters. The molecular formula is C18H18O. The molecule has 0 unspecified atom stereocenters. The molecule has 0 aliphatic heterocycles. The van der Waals surface area contributed by atoms with Gasteiger partial charge in [-0.3, -0.25) is 0 Å². The molecule has 0 spiro atoms. The fraction of sp³-hybridized carbons (Fsp3) is 0.111. The molecule has 0 saturated carbocycles. The monoisotopic (exact) mass is 250 g/mol. The van der Waals surface area contributed by atoms with Crippen molar-refractivity contribution in [3.63, 3.8) is 0 Å². The minimum atomic E-state index is 0.575. The first kappa shape index (κ1) is 13.2. The number of hydrogen-bond donors (Lipinski definition) is 0. The van der Waals surface area contributed by atoms with Crippen LogP contribution in [-0.2, 0) is 13.0 Å². The molecule has 2 aromatic carbocycles. The van der Waals surface area contributed by atoms with Crippen molar-refractivity contribution < 1.29 is 4.74 Å². The second-order valence-corrected chi connectivity index (χ2v) is 4.33. The SMILES string of the molecule is C=CCc1ccccc1OCc1ccc(C=C)cc1. The molecule has 1 nitrogen and oxygen atoms in total. The summed E-state index contributed by atoms with van der Waals surface area (Å²) in [5.41, 5.74) is 3.44. The van der Waals surface area contributed by atoms with Crippen LogP contribution < -0.4 is 4.74 Å². The zero-order chi connectivity index (χ0) is 13.5. The van der Waals surface area contributed by atoms with Crippen molar-refractivity contribution in [2.45, 2.75) is 13.0 Å². The minimum absolute atomic E-state index is 0.575. The number of benzene rings is 2. The molecule has 0 amide bonds. The Bertz CT molecular complexity index is 552. The smallest absolute Gasteiger partial charge is 0.123 e. The van der Waals surface area contributed by atoms with E-state index in [1.54, 1.807) is 0 Å². The summed E-state index contributed by atoms with van der Waals surface area (Å²) in [5, 5.41) is 0. The van der Waals surface area contributed by atoms with Crippen LogP contribution in [0.25, 0.3) is 6.08 Å². The number of hydrogen-bond acceptors (Lipinski definition) is 1. The van der Waals surface area contributed by atoms with Gasteiger partial charge in [0.1, 0.15) is 12.4 Å². The van der Waals surface area contributed by atoms with Gasteiger partial charge in [-0.1, -0.05) is 61.2 Å². The molecule has 0 fully saturated rings. The molecule has 0 aromatic heterocycles. The van der Waals surface area contributed by atoms with Crippen LogP contribution in [0.1, 0.15) is 16.7 Å². The summed E-state index contributed by atoms with van der Waals surface area (Å²) in [6, 6.07) is 16.3. The van der Waals surface area contributed by atoms with Gasteiger partial charge in [-0.05, 0) is 29.2 Å². The zero-order valence-electron chi connectivity index (χ0n) is 11.0. The maximum absolute atomic E-state index is 5.88. The quantitative estimate of drug-likeness (QED) is 0.679. The van der Waals surface area contributed by atoms with E-state index in [1.807, 2.05) is 42.5 Å². The van der Waals surface area contributed by atoms with Crippen LogP contribution in [-0.4, -0.2) is 0 Å². The van der Waals surface area contributed by atoms with Gasteiger partial charge in [-0.2, -0.15) is 0 Å². The maximum atomic E-state index is 5.88. The van der Waals surface area contributed by atoms with Crippen molar-refractivity contribution in [1.82, 2.24) is 0 Å². The fourth-order valence-electron chi connectivity index (χ4n) is 1.88. The van der Waals surface area contributed by atoms with Crippen molar-refractivity contribution in [3.8, 4) is 5.75 Å². The topological polar surface area (TPSA) is 9.23 Å². The summed E-state index contributed by atoms with van der Waals surface area (Å²) in [6.45, 7) is 8.09. The molecule has 96 valence electrons. The Morgan fingerprint density at radius 3 is 2.37 bits per heavy atom. The Hall–Kier alpha value is -2.28. The van der Waals surface area contributed by atoms with Crippen LogP contribution >= 0.6 is 0 Å². The van der Waals surface area contributed by atoms with Crippen LogP contribution in [0.15, 0.2) is 67.8 Å². The first-order valence-corrected chi connectivity index (χ1v) is 6.36. The molecule has 0 radical (unpaired) electrons. The van der Waals surface area contributed by atoms with Crippen molar-refractivity contribution in [1.29, 1.82) is 0 Å². The first-order chi connectivity index (χ1) is 9.33. The fourth-order valence-corrected chi connectivity index (χ4v) is 1.88. The van der Waals surface area contributed by atoms with E-state index >= 15 is 0 Å².